The van der Waals surface area contributed by atoms with E-state index in [-0.39, 0.29) is 23.5 Å². The fourth-order valence-corrected chi connectivity index (χ4v) is 2.10. The molecule has 0 bridgehead atoms. The van der Waals surface area contributed by atoms with Crippen molar-refractivity contribution in [2.75, 3.05) is 0 Å². The third kappa shape index (κ3) is 3.31. The number of hydrogen-bond acceptors (Lipinski definition) is 2. The largest absolute Gasteiger partial charge is 0.481 e. The number of aryl methyl sites for hydroxylation is 1. The zero-order valence-electron chi connectivity index (χ0n) is 11.0. The Hall–Kier alpha value is -1.98. The van der Waals surface area contributed by atoms with Crippen LogP contribution in [-0.2, 0) is 4.79 Å². The number of rotatable bonds is 5. The van der Waals surface area contributed by atoms with E-state index >= 15 is 0 Å². The molecule has 0 saturated heterocycles. The van der Waals surface area contributed by atoms with Crippen LogP contribution in [0.1, 0.15) is 35.2 Å². The van der Waals surface area contributed by atoms with Gasteiger partial charge in [0.25, 0.3) is 5.91 Å². The molecule has 0 aliphatic heterocycles. The Morgan fingerprint density at radius 1 is 1.35 bits per heavy atom. The molecular formula is C14H15F2NO3. The highest BCUT2D eigenvalue weighted by atomic mass is 19.1. The first-order chi connectivity index (χ1) is 9.38. The number of carboxylic acids is 1. The zero-order valence-corrected chi connectivity index (χ0v) is 11.0. The van der Waals surface area contributed by atoms with Crippen LogP contribution in [0.15, 0.2) is 12.1 Å². The smallest absolute Gasteiger partial charge is 0.305 e. The molecule has 1 aromatic carbocycles. The first-order valence-electron chi connectivity index (χ1n) is 6.36. The molecule has 1 amide bonds. The average Bonchev–Trinajstić information content (AvgIpc) is 3.16. The van der Waals surface area contributed by atoms with Crippen molar-refractivity contribution < 1.29 is 23.5 Å². The summed E-state index contributed by atoms with van der Waals surface area (Å²) in [5.74, 6) is -3.26. The van der Waals surface area contributed by atoms with E-state index in [0.717, 1.165) is 18.9 Å². The molecule has 4 nitrogen and oxygen atoms in total. The predicted octanol–water partition coefficient (Wildman–Crippen LogP) is 2.26. The maximum absolute atomic E-state index is 13.6. The molecule has 2 N–H and O–H groups in total. The fraction of sp³-hybridized carbons (Fsp3) is 0.429. The molecule has 1 unspecified atom stereocenters. The topological polar surface area (TPSA) is 66.4 Å². The van der Waals surface area contributed by atoms with E-state index in [1.54, 1.807) is 0 Å². The highest BCUT2D eigenvalue weighted by Gasteiger charge is 2.34. The van der Waals surface area contributed by atoms with E-state index in [0.29, 0.717) is 6.07 Å². The number of halogens is 2. The third-order valence-electron chi connectivity index (χ3n) is 3.40. The highest BCUT2D eigenvalue weighted by Crippen LogP contribution is 2.34. The number of aliphatic carboxylic acids is 1. The lowest BCUT2D eigenvalue weighted by Crippen LogP contribution is -2.38. The monoisotopic (exact) mass is 283 g/mol. The Bertz CT molecular complexity index is 556. The minimum atomic E-state index is -1.02. The maximum Gasteiger partial charge on any atom is 0.305 e. The van der Waals surface area contributed by atoms with Crippen LogP contribution in [0.25, 0.3) is 0 Å². The van der Waals surface area contributed by atoms with Gasteiger partial charge < -0.3 is 10.4 Å². The van der Waals surface area contributed by atoms with Gasteiger partial charge in [-0.3, -0.25) is 9.59 Å². The van der Waals surface area contributed by atoms with Gasteiger partial charge in [-0.25, -0.2) is 8.78 Å². The van der Waals surface area contributed by atoms with Gasteiger partial charge >= 0.3 is 5.97 Å². The second kappa shape index (κ2) is 5.56. The van der Waals surface area contributed by atoms with Crippen LogP contribution < -0.4 is 5.32 Å². The standard InChI is InChI=1S/C14H15F2NO3/c1-7-4-9(11(16)5-10(7)15)14(20)17-12(6-13(18)19)8-2-3-8/h4-5,8,12H,2-3,6H2,1H3,(H,17,20)(H,18,19). The number of hydrogen-bond donors (Lipinski definition) is 2. The van der Waals surface area contributed by atoms with E-state index in [1.807, 2.05) is 0 Å². The average molecular weight is 283 g/mol. The van der Waals surface area contributed by atoms with E-state index < -0.39 is 29.6 Å². The molecule has 0 radical (unpaired) electrons. The van der Waals surface area contributed by atoms with E-state index in [2.05, 4.69) is 5.32 Å². The molecular weight excluding hydrogens is 268 g/mol. The Morgan fingerprint density at radius 3 is 2.55 bits per heavy atom. The van der Waals surface area contributed by atoms with Gasteiger partial charge in [0.15, 0.2) is 0 Å². The molecule has 1 aliphatic rings. The lowest BCUT2D eigenvalue weighted by molar-refractivity contribution is -0.137. The lowest BCUT2D eigenvalue weighted by Gasteiger charge is -2.16. The Kier molecular flexibility index (Phi) is 4.01. The number of nitrogens with one attached hydrogen (secondary N) is 1. The van der Waals surface area contributed by atoms with Gasteiger partial charge in [-0.1, -0.05) is 0 Å². The zero-order chi connectivity index (χ0) is 14.9. The second-order valence-electron chi connectivity index (χ2n) is 5.10. The molecule has 1 saturated carbocycles. The summed E-state index contributed by atoms with van der Waals surface area (Å²) in [5.41, 5.74) is -0.0994. The van der Waals surface area contributed by atoms with E-state index in [1.165, 1.54) is 6.92 Å². The van der Waals surface area contributed by atoms with Crippen molar-refractivity contribution in [2.45, 2.75) is 32.2 Å². The van der Waals surface area contributed by atoms with Crippen molar-refractivity contribution in [1.29, 1.82) is 0 Å². The quantitative estimate of drug-likeness (QED) is 0.871. The second-order valence-corrected chi connectivity index (χ2v) is 5.10. The molecule has 1 atom stereocenters. The summed E-state index contributed by atoms with van der Waals surface area (Å²) in [4.78, 5) is 22.7. The minimum Gasteiger partial charge on any atom is -0.481 e. The normalized spacial score (nSPS) is 15.8. The molecule has 1 fully saturated rings. The summed E-state index contributed by atoms with van der Waals surface area (Å²) >= 11 is 0. The molecule has 1 aliphatic carbocycles. The van der Waals surface area contributed by atoms with Gasteiger partial charge in [0.05, 0.1) is 12.0 Å². The summed E-state index contributed by atoms with van der Waals surface area (Å²) < 4.78 is 26.7. The van der Waals surface area contributed by atoms with Gasteiger partial charge in [-0.15, -0.1) is 0 Å². The van der Waals surface area contributed by atoms with E-state index in [9.17, 15) is 18.4 Å². The van der Waals surface area contributed by atoms with Crippen LogP contribution in [0.3, 0.4) is 0 Å². The fourth-order valence-electron chi connectivity index (χ4n) is 2.10. The van der Waals surface area contributed by atoms with Gasteiger partial charge in [0.2, 0.25) is 0 Å². The Labute approximate surface area is 114 Å². The summed E-state index contributed by atoms with van der Waals surface area (Å²) in [7, 11) is 0. The van der Waals surface area contributed by atoms with Gasteiger partial charge in [-0.2, -0.15) is 0 Å². The molecule has 1 aromatic rings. The highest BCUT2D eigenvalue weighted by molar-refractivity contribution is 5.95. The molecule has 20 heavy (non-hydrogen) atoms. The summed E-state index contributed by atoms with van der Waals surface area (Å²) in [6.07, 6.45) is 1.50. The number of carbonyl (C=O) groups is 2. The Balaban J connectivity index is 2.14. The number of benzene rings is 1. The molecule has 6 heteroatoms. The van der Waals surface area contributed by atoms with Gasteiger partial charge in [-0.05, 0) is 37.3 Å². The predicted molar refractivity (Wildman–Crippen MR) is 67.3 cm³/mol. The van der Waals surface area contributed by atoms with Crippen molar-refractivity contribution >= 4 is 11.9 Å². The van der Waals surface area contributed by atoms with Crippen molar-refractivity contribution in [2.24, 2.45) is 5.92 Å². The summed E-state index contributed by atoms with van der Waals surface area (Å²) in [6.45, 7) is 1.43. The van der Waals surface area contributed by atoms with Crippen molar-refractivity contribution in [3.63, 3.8) is 0 Å². The molecule has 2 rings (SSSR count). The van der Waals surface area contributed by atoms with Crippen molar-refractivity contribution in [3.8, 4) is 0 Å². The number of carboxylic acid groups (broad SMARTS) is 1. The maximum atomic E-state index is 13.6. The lowest BCUT2D eigenvalue weighted by atomic mass is 10.1. The van der Waals surface area contributed by atoms with Gasteiger partial charge in [0, 0.05) is 12.1 Å². The van der Waals surface area contributed by atoms with Crippen LogP contribution >= 0.6 is 0 Å². The molecule has 0 spiro atoms. The first kappa shape index (κ1) is 14.4. The number of amides is 1. The SMILES string of the molecule is Cc1cc(C(=O)NC(CC(=O)O)C2CC2)c(F)cc1F. The first-order valence-corrected chi connectivity index (χ1v) is 6.36. The summed E-state index contributed by atoms with van der Waals surface area (Å²) in [6, 6.07) is 1.28. The van der Waals surface area contributed by atoms with E-state index in [4.69, 9.17) is 5.11 Å². The summed E-state index contributed by atoms with van der Waals surface area (Å²) in [5, 5.41) is 11.3. The van der Waals surface area contributed by atoms with Crippen molar-refractivity contribution in [1.82, 2.24) is 5.32 Å². The Morgan fingerprint density at radius 2 is 2.00 bits per heavy atom. The molecule has 0 aromatic heterocycles. The van der Waals surface area contributed by atoms with Crippen LogP contribution in [-0.4, -0.2) is 23.0 Å². The van der Waals surface area contributed by atoms with Gasteiger partial charge in [0.1, 0.15) is 11.6 Å². The van der Waals surface area contributed by atoms with Crippen LogP contribution in [0, 0.1) is 24.5 Å². The van der Waals surface area contributed by atoms with Crippen LogP contribution in [0.2, 0.25) is 0 Å². The van der Waals surface area contributed by atoms with Crippen LogP contribution in [0.4, 0.5) is 8.78 Å². The molecule has 108 valence electrons. The minimum absolute atomic E-state index is 0.125. The number of carbonyl (C=O) groups excluding carboxylic acids is 1. The van der Waals surface area contributed by atoms with Crippen molar-refractivity contribution in [3.05, 3.63) is 34.9 Å². The molecule has 0 heterocycles. The van der Waals surface area contributed by atoms with Crippen LogP contribution in [0.5, 0.6) is 0 Å². The third-order valence-corrected chi connectivity index (χ3v) is 3.40.